The molecule has 1 amide bonds. The van der Waals surface area contributed by atoms with Gasteiger partial charge in [0.2, 0.25) is 16.7 Å². The summed E-state index contributed by atoms with van der Waals surface area (Å²) >= 11 is 7.65. The molecule has 11 heteroatoms. The zero-order chi connectivity index (χ0) is 17.7. The lowest BCUT2D eigenvalue weighted by Crippen LogP contribution is -2.28. The molecular weight excluding hydrogens is 385 g/mol. The number of amides is 1. The van der Waals surface area contributed by atoms with E-state index in [2.05, 4.69) is 20.7 Å². The topological polar surface area (TPSA) is 58.1 Å². The third-order valence-electron chi connectivity index (χ3n) is 2.51. The van der Waals surface area contributed by atoms with Gasteiger partial charge >= 0.3 is 6.18 Å². The summed E-state index contributed by atoms with van der Waals surface area (Å²) in [7, 11) is 0. The zero-order valence-corrected chi connectivity index (χ0v) is 14.1. The molecular formula is C13H8ClF3N4OS2. The van der Waals surface area contributed by atoms with Gasteiger partial charge in [-0.1, -0.05) is 29.3 Å². The molecule has 126 valence electrons. The predicted molar refractivity (Wildman–Crippen MR) is 88.1 cm³/mol. The van der Waals surface area contributed by atoms with Crippen LogP contribution in [0.1, 0.15) is 5.56 Å². The highest BCUT2D eigenvalue weighted by molar-refractivity contribution is 7.99. The molecule has 0 saturated heterocycles. The zero-order valence-electron chi connectivity index (χ0n) is 11.7. The van der Waals surface area contributed by atoms with Gasteiger partial charge in [-0.3, -0.25) is 10.2 Å². The summed E-state index contributed by atoms with van der Waals surface area (Å²) < 4.78 is 42.6. The number of carbonyl (C=O) groups excluding carboxylic acids is 1. The molecule has 1 aromatic carbocycles. The van der Waals surface area contributed by atoms with Crippen LogP contribution in [0.15, 0.2) is 23.4 Å². The molecule has 0 spiro atoms. The number of anilines is 2. The van der Waals surface area contributed by atoms with Gasteiger partial charge in [-0.2, -0.15) is 27.5 Å². The van der Waals surface area contributed by atoms with Gasteiger partial charge in [0, 0.05) is 11.5 Å². The number of hydrogen-bond acceptors (Lipinski definition) is 6. The number of hydrazine groups is 1. The number of benzene rings is 1. The number of aromatic nitrogens is 2. The van der Waals surface area contributed by atoms with Crippen molar-refractivity contribution in [2.24, 2.45) is 0 Å². The van der Waals surface area contributed by atoms with Crippen molar-refractivity contribution in [2.75, 3.05) is 16.2 Å². The SMILES string of the molecule is C#CCSc1nsc(N(C=O)Nc2ccc(Cl)c(C(F)(F)F)c2)n1. The van der Waals surface area contributed by atoms with Crippen molar-refractivity contribution < 1.29 is 18.0 Å². The lowest BCUT2D eigenvalue weighted by atomic mass is 10.2. The van der Waals surface area contributed by atoms with Gasteiger partial charge in [0.25, 0.3) is 0 Å². The van der Waals surface area contributed by atoms with Crippen LogP contribution in [0.5, 0.6) is 0 Å². The number of rotatable bonds is 6. The average Bonchev–Trinajstić information content (AvgIpc) is 2.99. The molecule has 24 heavy (non-hydrogen) atoms. The molecule has 0 unspecified atom stereocenters. The largest absolute Gasteiger partial charge is 0.417 e. The monoisotopic (exact) mass is 392 g/mol. The number of halogens is 4. The van der Waals surface area contributed by atoms with E-state index in [1.807, 2.05) is 0 Å². The molecule has 0 atom stereocenters. The molecule has 1 aromatic heterocycles. The molecule has 1 N–H and O–H groups in total. The summed E-state index contributed by atoms with van der Waals surface area (Å²) in [5, 5.41) is 1.01. The van der Waals surface area contributed by atoms with Gasteiger partial charge in [0.15, 0.2) is 0 Å². The second-order valence-electron chi connectivity index (χ2n) is 4.13. The highest BCUT2D eigenvalue weighted by atomic mass is 35.5. The molecule has 0 aliphatic carbocycles. The van der Waals surface area contributed by atoms with Gasteiger partial charge in [-0.05, 0) is 18.2 Å². The Kier molecular flexibility index (Phi) is 5.93. The van der Waals surface area contributed by atoms with Crippen molar-refractivity contribution in [3.8, 4) is 12.3 Å². The van der Waals surface area contributed by atoms with E-state index in [-0.39, 0.29) is 10.8 Å². The molecule has 1 heterocycles. The molecule has 0 aliphatic rings. The quantitative estimate of drug-likeness (QED) is 0.349. The minimum Gasteiger partial charge on any atom is -0.289 e. The maximum atomic E-state index is 12.9. The average molecular weight is 393 g/mol. The standard InChI is InChI=1S/C13H8ClF3N4OS2/c1-2-5-23-11-18-12(24-20-11)21(7-22)19-8-3-4-10(14)9(6-8)13(15,16)17/h1,3-4,6-7,19H,5H2. The first kappa shape index (κ1) is 18.4. The van der Waals surface area contributed by atoms with Crippen molar-refractivity contribution in [3.05, 3.63) is 28.8 Å². The Morgan fingerprint density at radius 2 is 2.25 bits per heavy atom. The normalized spacial score (nSPS) is 11.0. The third-order valence-corrected chi connectivity index (χ3v) is 4.43. The van der Waals surface area contributed by atoms with Crippen molar-refractivity contribution in [1.82, 2.24) is 9.36 Å². The van der Waals surface area contributed by atoms with E-state index in [1.54, 1.807) is 0 Å². The first-order valence-corrected chi connectivity index (χ1v) is 8.26. The smallest absolute Gasteiger partial charge is 0.289 e. The highest BCUT2D eigenvalue weighted by Crippen LogP contribution is 2.36. The molecule has 0 radical (unpaired) electrons. The van der Waals surface area contributed by atoms with Gasteiger partial charge in [0.05, 0.1) is 22.0 Å². The van der Waals surface area contributed by atoms with Crippen LogP contribution in [0.2, 0.25) is 5.02 Å². The van der Waals surface area contributed by atoms with E-state index in [4.69, 9.17) is 18.0 Å². The van der Waals surface area contributed by atoms with Crippen LogP contribution in [0.3, 0.4) is 0 Å². The molecule has 5 nitrogen and oxygen atoms in total. The molecule has 2 rings (SSSR count). The summed E-state index contributed by atoms with van der Waals surface area (Å²) in [4.78, 5) is 15.3. The number of terminal acetylenes is 1. The van der Waals surface area contributed by atoms with Crippen LogP contribution in [0, 0.1) is 12.3 Å². The molecule has 0 aliphatic heterocycles. The number of nitrogens with one attached hydrogen (secondary N) is 1. The second-order valence-corrected chi connectivity index (χ2v) is 6.21. The van der Waals surface area contributed by atoms with Crippen LogP contribution in [-0.4, -0.2) is 21.5 Å². The second kappa shape index (κ2) is 7.74. The van der Waals surface area contributed by atoms with E-state index in [0.29, 0.717) is 17.3 Å². The van der Waals surface area contributed by atoms with Crippen LogP contribution < -0.4 is 10.4 Å². The maximum absolute atomic E-state index is 12.9. The first-order valence-electron chi connectivity index (χ1n) is 6.13. The third kappa shape index (κ3) is 4.53. The summed E-state index contributed by atoms with van der Waals surface area (Å²) in [5.74, 6) is 2.76. The van der Waals surface area contributed by atoms with Crippen molar-refractivity contribution in [1.29, 1.82) is 0 Å². The van der Waals surface area contributed by atoms with Crippen LogP contribution >= 0.6 is 34.9 Å². The fourth-order valence-electron chi connectivity index (χ4n) is 1.54. The van der Waals surface area contributed by atoms with E-state index < -0.39 is 16.8 Å². The Morgan fingerprint density at radius 3 is 2.88 bits per heavy atom. The van der Waals surface area contributed by atoms with E-state index in [1.165, 1.54) is 17.8 Å². The summed E-state index contributed by atoms with van der Waals surface area (Å²) in [5.41, 5.74) is 1.53. The number of hydrogen-bond donors (Lipinski definition) is 1. The van der Waals surface area contributed by atoms with E-state index in [0.717, 1.165) is 28.7 Å². The lowest BCUT2D eigenvalue weighted by Gasteiger charge is -2.17. The maximum Gasteiger partial charge on any atom is 0.417 e. The summed E-state index contributed by atoms with van der Waals surface area (Å²) in [6.45, 7) is 0. The van der Waals surface area contributed by atoms with Crippen molar-refractivity contribution >= 4 is 52.1 Å². The predicted octanol–water partition coefficient (Wildman–Crippen LogP) is 3.93. The number of carbonyl (C=O) groups is 1. The lowest BCUT2D eigenvalue weighted by molar-refractivity contribution is -0.137. The Hall–Kier alpha value is -1.96. The fraction of sp³-hybridized carbons (Fsp3) is 0.154. The Morgan fingerprint density at radius 1 is 1.50 bits per heavy atom. The Labute approximate surface area is 148 Å². The van der Waals surface area contributed by atoms with Crippen LogP contribution in [0.4, 0.5) is 24.0 Å². The number of nitrogens with zero attached hydrogens (tertiary/aromatic N) is 3. The molecule has 0 bridgehead atoms. The van der Waals surface area contributed by atoms with Gasteiger partial charge in [-0.25, -0.2) is 0 Å². The molecule has 0 fully saturated rings. The number of alkyl halides is 3. The van der Waals surface area contributed by atoms with Gasteiger partial charge in [-0.15, -0.1) is 6.42 Å². The summed E-state index contributed by atoms with van der Waals surface area (Å²) in [6.07, 6.45) is 0.893. The molecule has 0 saturated carbocycles. The van der Waals surface area contributed by atoms with Crippen molar-refractivity contribution in [3.63, 3.8) is 0 Å². The van der Waals surface area contributed by atoms with Crippen molar-refractivity contribution in [2.45, 2.75) is 11.3 Å². The molecule has 2 aromatic rings. The number of thioether (sulfide) groups is 1. The summed E-state index contributed by atoms with van der Waals surface area (Å²) in [6, 6.07) is 3.20. The fourth-order valence-corrected chi connectivity index (χ4v) is 3.01. The van der Waals surface area contributed by atoms with Crippen LogP contribution in [-0.2, 0) is 11.0 Å². The van der Waals surface area contributed by atoms with Gasteiger partial charge in [0.1, 0.15) is 0 Å². The highest BCUT2D eigenvalue weighted by Gasteiger charge is 2.33. The van der Waals surface area contributed by atoms with Gasteiger partial charge < -0.3 is 0 Å². The first-order chi connectivity index (χ1) is 11.3. The van der Waals surface area contributed by atoms with E-state index >= 15 is 0 Å². The minimum atomic E-state index is -4.61. The minimum absolute atomic E-state index is 0.0202. The Bertz CT molecular complexity index is 775. The van der Waals surface area contributed by atoms with E-state index in [9.17, 15) is 18.0 Å². The van der Waals surface area contributed by atoms with Crippen LogP contribution in [0.25, 0.3) is 0 Å². The Balaban J connectivity index is 2.20.